The molecule has 0 aliphatic carbocycles. The van der Waals surface area contributed by atoms with E-state index in [4.69, 9.17) is 9.47 Å². The van der Waals surface area contributed by atoms with Crippen molar-refractivity contribution in [1.29, 1.82) is 0 Å². The number of benzene rings is 1. The van der Waals surface area contributed by atoms with Crippen molar-refractivity contribution in [2.75, 3.05) is 23.8 Å². The molecular weight excluding hydrogens is 432 g/mol. The number of hydrogen-bond acceptors (Lipinski definition) is 9. The smallest absolute Gasteiger partial charge is 0.341 e. The summed E-state index contributed by atoms with van der Waals surface area (Å²) in [7, 11) is 0. The molecule has 1 amide bonds. The van der Waals surface area contributed by atoms with Crippen LogP contribution in [0.5, 0.6) is 0 Å². The van der Waals surface area contributed by atoms with E-state index in [9.17, 15) is 14.4 Å². The first-order valence-electron chi connectivity index (χ1n) is 9.85. The number of nitrogens with zero attached hydrogens (tertiary/aromatic N) is 2. The van der Waals surface area contributed by atoms with E-state index in [1.54, 1.807) is 19.1 Å². The number of carbonyl (C=O) groups is 3. The largest absolute Gasteiger partial charge is 0.462 e. The Morgan fingerprint density at radius 2 is 1.81 bits per heavy atom. The second-order valence-corrected chi connectivity index (χ2v) is 7.54. The zero-order valence-corrected chi connectivity index (χ0v) is 18.3. The van der Waals surface area contributed by atoms with Gasteiger partial charge in [0.25, 0.3) is 5.91 Å². The van der Waals surface area contributed by atoms with Gasteiger partial charge in [-0.3, -0.25) is 9.59 Å². The van der Waals surface area contributed by atoms with Gasteiger partial charge in [-0.25, -0.2) is 14.8 Å². The van der Waals surface area contributed by atoms with Crippen molar-refractivity contribution in [2.24, 2.45) is 0 Å². The molecular formula is C22H22N4O5S. The molecule has 0 spiro atoms. The maximum atomic E-state index is 12.6. The molecule has 0 saturated heterocycles. The second kappa shape index (κ2) is 11.0. The number of rotatable bonds is 9. The molecule has 166 valence electrons. The molecule has 3 aromatic rings. The lowest BCUT2D eigenvalue weighted by atomic mass is 10.1. The fourth-order valence-corrected chi connectivity index (χ4v) is 3.69. The predicted octanol–water partition coefficient (Wildman–Crippen LogP) is 3.36. The first-order chi connectivity index (χ1) is 15.5. The summed E-state index contributed by atoms with van der Waals surface area (Å²) in [6, 6.07) is 12.8. The first kappa shape index (κ1) is 22.9. The maximum Gasteiger partial charge on any atom is 0.341 e. The van der Waals surface area contributed by atoms with Crippen LogP contribution in [0, 0.1) is 0 Å². The molecule has 1 unspecified atom stereocenters. The third kappa shape index (κ3) is 6.11. The van der Waals surface area contributed by atoms with Gasteiger partial charge >= 0.3 is 11.9 Å². The Morgan fingerprint density at radius 3 is 2.50 bits per heavy atom. The van der Waals surface area contributed by atoms with Crippen LogP contribution in [0.3, 0.4) is 0 Å². The average Bonchev–Trinajstić information content (AvgIpc) is 3.23. The Balaban J connectivity index is 1.66. The van der Waals surface area contributed by atoms with Crippen molar-refractivity contribution < 1.29 is 23.9 Å². The van der Waals surface area contributed by atoms with E-state index in [1.807, 2.05) is 30.3 Å². The minimum atomic E-state index is -1.08. The van der Waals surface area contributed by atoms with Crippen LogP contribution >= 0.6 is 11.3 Å². The summed E-state index contributed by atoms with van der Waals surface area (Å²) in [5, 5.41) is 5.71. The van der Waals surface area contributed by atoms with E-state index in [1.165, 1.54) is 30.7 Å². The lowest BCUT2D eigenvalue weighted by Crippen LogP contribution is -2.32. The minimum Gasteiger partial charge on any atom is -0.462 e. The lowest BCUT2D eigenvalue weighted by Gasteiger charge is -2.13. The van der Waals surface area contributed by atoms with Gasteiger partial charge in [-0.05, 0) is 31.5 Å². The van der Waals surface area contributed by atoms with Gasteiger partial charge < -0.3 is 20.1 Å². The first-order valence-corrected chi connectivity index (χ1v) is 10.7. The van der Waals surface area contributed by atoms with Gasteiger partial charge in [-0.15, -0.1) is 11.3 Å². The summed E-state index contributed by atoms with van der Waals surface area (Å²) in [6.45, 7) is 3.15. The maximum absolute atomic E-state index is 12.6. The van der Waals surface area contributed by atoms with Crippen LogP contribution < -0.4 is 10.6 Å². The van der Waals surface area contributed by atoms with Gasteiger partial charge in [0.2, 0.25) is 5.95 Å². The third-order valence-corrected chi connectivity index (χ3v) is 5.26. The molecule has 0 bridgehead atoms. The van der Waals surface area contributed by atoms with E-state index in [0.717, 1.165) is 10.4 Å². The summed E-state index contributed by atoms with van der Waals surface area (Å²) < 4.78 is 10.3. The standard InChI is InChI=1S/C22H22N4O5S/c1-3-30-21(29)16-12-17(15-8-5-4-6-9-15)32-20(16)26-19(28)14(2)31-18(27)13-25-22-23-10-7-11-24-22/h4-12,14H,3,13H2,1-2H3,(H,26,28)(H,23,24,25). The summed E-state index contributed by atoms with van der Waals surface area (Å²) in [4.78, 5) is 45.7. The number of esters is 2. The lowest BCUT2D eigenvalue weighted by molar-refractivity contribution is -0.151. The molecule has 0 saturated carbocycles. The number of amides is 1. The van der Waals surface area contributed by atoms with Crippen molar-refractivity contribution in [1.82, 2.24) is 9.97 Å². The van der Waals surface area contributed by atoms with Crippen molar-refractivity contribution in [2.45, 2.75) is 20.0 Å². The van der Waals surface area contributed by atoms with Gasteiger partial charge in [0.05, 0.1) is 12.2 Å². The monoisotopic (exact) mass is 454 g/mol. The van der Waals surface area contributed by atoms with Gasteiger partial charge in [0.15, 0.2) is 6.10 Å². The zero-order chi connectivity index (χ0) is 22.9. The van der Waals surface area contributed by atoms with E-state index in [2.05, 4.69) is 20.6 Å². The fraction of sp³-hybridized carbons (Fsp3) is 0.227. The average molecular weight is 455 g/mol. The van der Waals surface area contributed by atoms with Crippen LogP contribution in [-0.4, -0.2) is 47.1 Å². The van der Waals surface area contributed by atoms with Crippen molar-refractivity contribution in [3.8, 4) is 10.4 Å². The number of anilines is 2. The number of hydrogen-bond donors (Lipinski definition) is 2. The summed E-state index contributed by atoms with van der Waals surface area (Å²) in [5.41, 5.74) is 1.14. The Bertz CT molecular complexity index is 1070. The Morgan fingerprint density at radius 1 is 1.09 bits per heavy atom. The van der Waals surface area contributed by atoms with Crippen molar-refractivity contribution >= 4 is 40.1 Å². The van der Waals surface area contributed by atoms with E-state index < -0.39 is 23.9 Å². The number of ether oxygens (including phenoxy) is 2. The van der Waals surface area contributed by atoms with E-state index in [0.29, 0.717) is 5.00 Å². The SMILES string of the molecule is CCOC(=O)c1cc(-c2ccccc2)sc1NC(=O)C(C)OC(=O)CNc1ncccn1. The molecule has 0 aliphatic heterocycles. The summed E-state index contributed by atoms with van der Waals surface area (Å²) in [5.74, 6) is -1.49. The van der Waals surface area contributed by atoms with Crippen LogP contribution in [0.25, 0.3) is 10.4 Å². The van der Waals surface area contributed by atoms with E-state index in [-0.39, 0.29) is 24.7 Å². The fourth-order valence-electron chi connectivity index (χ4n) is 2.64. The van der Waals surface area contributed by atoms with Crippen molar-refractivity contribution in [3.63, 3.8) is 0 Å². The molecule has 3 rings (SSSR count). The molecule has 32 heavy (non-hydrogen) atoms. The highest BCUT2D eigenvalue weighted by molar-refractivity contribution is 7.20. The molecule has 2 aromatic heterocycles. The highest BCUT2D eigenvalue weighted by atomic mass is 32.1. The Hall–Kier alpha value is -3.79. The van der Waals surface area contributed by atoms with Gasteiger partial charge in [0, 0.05) is 17.3 Å². The van der Waals surface area contributed by atoms with Crippen LogP contribution in [0.4, 0.5) is 10.9 Å². The molecule has 2 heterocycles. The minimum absolute atomic E-state index is 0.202. The van der Waals surface area contributed by atoms with Crippen LogP contribution in [0.1, 0.15) is 24.2 Å². The van der Waals surface area contributed by atoms with Crippen molar-refractivity contribution in [3.05, 3.63) is 60.4 Å². The molecule has 1 aromatic carbocycles. The topological polar surface area (TPSA) is 120 Å². The third-order valence-electron chi connectivity index (χ3n) is 4.16. The zero-order valence-electron chi connectivity index (χ0n) is 17.5. The van der Waals surface area contributed by atoms with Crippen LogP contribution in [0.15, 0.2) is 54.9 Å². The van der Waals surface area contributed by atoms with Crippen LogP contribution in [-0.2, 0) is 19.1 Å². The molecule has 2 N–H and O–H groups in total. The Kier molecular flexibility index (Phi) is 7.87. The quantitative estimate of drug-likeness (QED) is 0.472. The highest BCUT2D eigenvalue weighted by Gasteiger charge is 2.23. The van der Waals surface area contributed by atoms with Crippen LogP contribution in [0.2, 0.25) is 0 Å². The molecule has 1 atom stereocenters. The number of thiophene rings is 1. The molecule has 0 fully saturated rings. The number of nitrogens with one attached hydrogen (secondary N) is 2. The van der Waals surface area contributed by atoms with Gasteiger partial charge in [0.1, 0.15) is 11.5 Å². The van der Waals surface area contributed by atoms with E-state index >= 15 is 0 Å². The van der Waals surface area contributed by atoms with Gasteiger partial charge in [-0.1, -0.05) is 30.3 Å². The molecule has 0 radical (unpaired) electrons. The highest BCUT2D eigenvalue weighted by Crippen LogP contribution is 2.36. The summed E-state index contributed by atoms with van der Waals surface area (Å²) >= 11 is 1.24. The second-order valence-electron chi connectivity index (χ2n) is 6.49. The molecule has 9 nitrogen and oxygen atoms in total. The number of aromatic nitrogens is 2. The molecule has 10 heteroatoms. The van der Waals surface area contributed by atoms with Gasteiger partial charge in [-0.2, -0.15) is 0 Å². The Labute approximate surface area is 188 Å². The normalized spacial score (nSPS) is 11.3. The number of carbonyl (C=O) groups excluding carboxylic acids is 3. The predicted molar refractivity (Wildman–Crippen MR) is 120 cm³/mol. The summed E-state index contributed by atoms with van der Waals surface area (Å²) in [6.07, 6.45) is 1.98. The molecule has 0 aliphatic rings.